The molecule has 31 heavy (non-hydrogen) atoms. The molecule has 0 atom stereocenters. The summed E-state index contributed by atoms with van der Waals surface area (Å²) in [4.78, 5) is 26.1. The molecule has 0 fully saturated rings. The van der Waals surface area contributed by atoms with Crippen LogP contribution in [0.2, 0.25) is 0 Å². The van der Waals surface area contributed by atoms with Crippen LogP contribution in [0.1, 0.15) is 31.8 Å². The highest BCUT2D eigenvalue weighted by molar-refractivity contribution is 6.14. The Morgan fingerprint density at radius 1 is 0.516 bits per heavy atom. The lowest BCUT2D eigenvalue weighted by Crippen LogP contribution is -2.07. The van der Waals surface area contributed by atoms with E-state index >= 15 is 0 Å². The van der Waals surface area contributed by atoms with E-state index in [0.717, 1.165) is 0 Å². The third kappa shape index (κ3) is 4.41. The van der Waals surface area contributed by atoms with E-state index in [2.05, 4.69) is 0 Å². The lowest BCUT2D eigenvalue weighted by Gasteiger charge is -2.10. The van der Waals surface area contributed by atoms with E-state index in [4.69, 9.17) is 0 Å². The topological polar surface area (TPSA) is 54.4 Å². The van der Waals surface area contributed by atoms with Crippen LogP contribution in [-0.4, -0.2) is 16.7 Å². The molecule has 0 aliphatic heterocycles. The summed E-state index contributed by atoms with van der Waals surface area (Å²) in [5.74, 6) is -1.56. The molecular formula is C26H16F2O3. The van der Waals surface area contributed by atoms with Crippen molar-refractivity contribution >= 4 is 11.6 Å². The van der Waals surface area contributed by atoms with Crippen LogP contribution in [0.3, 0.4) is 0 Å². The molecule has 0 heterocycles. The van der Waals surface area contributed by atoms with E-state index in [1.165, 1.54) is 66.7 Å². The molecule has 0 saturated carbocycles. The highest BCUT2D eigenvalue weighted by Crippen LogP contribution is 2.27. The second kappa shape index (κ2) is 8.32. The molecule has 4 rings (SSSR count). The highest BCUT2D eigenvalue weighted by atomic mass is 19.1. The second-order valence-corrected chi connectivity index (χ2v) is 7.02. The molecule has 0 unspecified atom stereocenters. The average Bonchev–Trinajstić information content (AvgIpc) is 2.79. The molecule has 0 spiro atoms. The number of carbonyl (C=O) groups is 2. The van der Waals surface area contributed by atoms with Crippen molar-refractivity contribution in [1.29, 1.82) is 0 Å². The first-order valence-corrected chi connectivity index (χ1v) is 9.46. The normalized spacial score (nSPS) is 10.6. The number of benzene rings is 4. The monoisotopic (exact) mass is 414 g/mol. The van der Waals surface area contributed by atoms with Crippen LogP contribution in [0.4, 0.5) is 8.78 Å². The van der Waals surface area contributed by atoms with Crippen LogP contribution in [0.15, 0.2) is 91.0 Å². The van der Waals surface area contributed by atoms with Crippen LogP contribution in [0, 0.1) is 11.6 Å². The maximum absolute atomic E-state index is 13.3. The zero-order valence-electron chi connectivity index (χ0n) is 16.2. The van der Waals surface area contributed by atoms with Gasteiger partial charge in [0.2, 0.25) is 0 Å². The molecule has 0 aromatic heterocycles. The Bertz CT molecular complexity index is 1180. The fourth-order valence-corrected chi connectivity index (χ4v) is 3.25. The molecule has 0 aliphatic rings. The van der Waals surface area contributed by atoms with Gasteiger partial charge in [0.15, 0.2) is 11.6 Å². The number of hydrogen-bond donors (Lipinski definition) is 1. The van der Waals surface area contributed by atoms with E-state index in [9.17, 15) is 23.5 Å². The van der Waals surface area contributed by atoms with Crippen LogP contribution in [0.5, 0.6) is 5.75 Å². The second-order valence-electron chi connectivity index (χ2n) is 7.02. The molecule has 5 heteroatoms. The van der Waals surface area contributed by atoms with Gasteiger partial charge in [0, 0.05) is 22.3 Å². The Hall–Kier alpha value is -4.12. The number of hydrogen-bond acceptors (Lipinski definition) is 3. The summed E-state index contributed by atoms with van der Waals surface area (Å²) in [7, 11) is 0. The van der Waals surface area contributed by atoms with Crippen molar-refractivity contribution in [3.8, 4) is 16.9 Å². The Morgan fingerprint density at radius 2 is 0.935 bits per heavy atom. The quantitative estimate of drug-likeness (QED) is 0.420. The first kappa shape index (κ1) is 20.2. The van der Waals surface area contributed by atoms with Crippen molar-refractivity contribution < 1.29 is 23.5 Å². The summed E-state index contributed by atoms with van der Waals surface area (Å²) in [5, 5.41) is 9.56. The maximum atomic E-state index is 13.3. The number of aromatic hydroxyl groups is 1. The highest BCUT2D eigenvalue weighted by Gasteiger charge is 2.17. The molecule has 4 aromatic rings. The van der Waals surface area contributed by atoms with E-state index < -0.39 is 11.6 Å². The Kier molecular flexibility index (Phi) is 5.41. The average molecular weight is 414 g/mol. The van der Waals surface area contributed by atoms with Gasteiger partial charge in [-0.25, -0.2) is 8.78 Å². The van der Waals surface area contributed by atoms with Gasteiger partial charge in [0.25, 0.3) is 0 Å². The molecule has 0 amide bonds. The number of phenols is 1. The van der Waals surface area contributed by atoms with E-state index in [-0.39, 0.29) is 39.6 Å². The number of ketones is 2. The Morgan fingerprint density at radius 3 is 1.35 bits per heavy atom. The van der Waals surface area contributed by atoms with Crippen LogP contribution in [0.25, 0.3) is 11.1 Å². The predicted octanol–water partition coefficient (Wildman–Crippen LogP) is 5.80. The van der Waals surface area contributed by atoms with Crippen LogP contribution < -0.4 is 0 Å². The molecule has 0 bridgehead atoms. The minimum absolute atomic E-state index is 0.0879. The van der Waals surface area contributed by atoms with Gasteiger partial charge >= 0.3 is 0 Å². The van der Waals surface area contributed by atoms with Gasteiger partial charge in [-0.1, -0.05) is 12.1 Å². The minimum atomic E-state index is -0.457. The first-order chi connectivity index (χ1) is 14.9. The fraction of sp³-hybridized carbons (Fsp3) is 0. The van der Waals surface area contributed by atoms with Gasteiger partial charge in [-0.15, -0.1) is 0 Å². The summed E-state index contributed by atoms with van der Waals surface area (Å²) >= 11 is 0. The first-order valence-electron chi connectivity index (χ1n) is 9.46. The summed E-state index contributed by atoms with van der Waals surface area (Å²) < 4.78 is 26.5. The zero-order valence-corrected chi connectivity index (χ0v) is 16.2. The Balaban J connectivity index is 1.83. The van der Waals surface area contributed by atoms with Gasteiger partial charge in [0.1, 0.15) is 17.4 Å². The van der Waals surface area contributed by atoms with Gasteiger partial charge in [-0.2, -0.15) is 0 Å². The standard InChI is InChI=1S/C26H16F2O3/c27-22-7-1-17(2-8-22)25(30)20-13-19(16-5-11-24(29)12-6-16)14-21(15-20)26(31)18-3-9-23(28)10-4-18/h1-15,29H. The van der Waals surface area contributed by atoms with Crippen molar-refractivity contribution in [3.63, 3.8) is 0 Å². The Labute approximate surface area is 177 Å². The van der Waals surface area contributed by atoms with E-state index in [0.29, 0.717) is 11.1 Å². The zero-order chi connectivity index (χ0) is 22.0. The smallest absolute Gasteiger partial charge is 0.193 e. The van der Waals surface area contributed by atoms with Crippen LogP contribution >= 0.6 is 0 Å². The molecule has 0 aliphatic carbocycles. The number of carbonyl (C=O) groups excluding carboxylic acids is 2. The largest absolute Gasteiger partial charge is 0.508 e. The van der Waals surface area contributed by atoms with Gasteiger partial charge in [0.05, 0.1) is 0 Å². The SMILES string of the molecule is O=C(c1ccc(F)cc1)c1cc(C(=O)c2ccc(F)cc2)cc(-c2ccc(O)cc2)c1. The molecule has 0 saturated heterocycles. The van der Waals surface area contributed by atoms with Gasteiger partial charge in [-0.3, -0.25) is 9.59 Å². The van der Waals surface area contributed by atoms with Crippen molar-refractivity contribution in [2.45, 2.75) is 0 Å². The molecule has 152 valence electrons. The third-order valence-corrected chi connectivity index (χ3v) is 4.87. The maximum Gasteiger partial charge on any atom is 0.193 e. The molecular weight excluding hydrogens is 398 g/mol. The van der Waals surface area contributed by atoms with Crippen LogP contribution in [-0.2, 0) is 0 Å². The number of halogens is 2. The number of phenolic OH excluding ortho intramolecular Hbond substituents is 1. The molecule has 0 radical (unpaired) electrons. The number of rotatable bonds is 5. The minimum Gasteiger partial charge on any atom is -0.508 e. The van der Waals surface area contributed by atoms with E-state index in [1.54, 1.807) is 24.3 Å². The van der Waals surface area contributed by atoms with E-state index in [1.807, 2.05) is 0 Å². The third-order valence-electron chi connectivity index (χ3n) is 4.87. The van der Waals surface area contributed by atoms with Crippen molar-refractivity contribution in [1.82, 2.24) is 0 Å². The molecule has 1 N–H and O–H groups in total. The molecule has 4 aromatic carbocycles. The lowest BCUT2D eigenvalue weighted by atomic mass is 9.92. The fourth-order valence-electron chi connectivity index (χ4n) is 3.25. The van der Waals surface area contributed by atoms with Crippen molar-refractivity contribution in [2.75, 3.05) is 0 Å². The lowest BCUT2D eigenvalue weighted by molar-refractivity contribution is 0.103. The summed E-state index contributed by atoms with van der Waals surface area (Å²) in [6, 6.07) is 21.4. The summed E-state index contributed by atoms with van der Waals surface area (Å²) in [5.41, 5.74) is 2.36. The van der Waals surface area contributed by atoms with Crippen molar-refractivity contribution in [3.05, 3.63) is 125 Å². The summed E-state index contributed by atoms with van der Waals surface area (Å²) in [6.07, 6.45) is 0. The van der Waals surface area contributed by atoms with Gasteiger partial charge < -0.3 is 5.11 Å². The predicted molar refractivity (Wildman–Crippen MR) is 113 cm³/mol. The molecule has 3 nitrogen and oxygen atoms in total. The summed E-state index contributed by atoms with van der Waals surface area (Å²) in [6.45, 7) is 0. The van der Waals surface area contributed by atoms with Crippen molar-refractivity contribution in [2.24, 2.45) is 0 Å². The van der Waals surface area contributed by atoms with Gasteiger partial charge in [-0.05, 0) is 90.0 Å².